The molecule has 0 aliphatic heterocycles. The molecule has 8 heteroatoms. The van der Waals surface area contributed by atoms with Crippen LogP contribution in [0.4, 0.5) is 0 Å². The van der Waals surface area contributed by atoms with E-state index in [1.807, 2.05) is 0 Å². The van der Waals surface area contributed by atoms with E-state index in [9.17, 15) is 28.8 Å². The fraction of sp³-hybridized carbons (Fsp3) is 0.400. The van der Waals surface area contributed by atoms with Crippen molar-refractivity contribution >= 4 is 34.7 Å². The van der Waals surface area contributed by atoms with Gasteiger partial charge in [-0.05, 0) is 41.5 Å². The number of hydrogen-bond donors (Lipinski definition) is 0. The first kappa shape index (κ1) is 33.4. The zero-order valence-corrected chi connectivity index (χ0v) is 17.9. The second kappa shape index (κ2) is 20.8. The maximum Gasteiger partial charge on any atom is 3.00 e. The monoisotopic (exact) mass is 454 g/mol. The summed E-state index contributed by atoms with van der Waals surface area (Å²) < 4.78 is 0. The van der Waals surface area contributed by atoms with Gasteiger partial charge in [-0.15, -0.1) is 0 Å². The minimum absolute atomic E-state index is 0. The number of rotatable bonds is 6. The molecule has 0 rings (SSSR count). The summed E-state index contributed by atoms with van der Waals surface area (Å²) >= 11 is 0. The van der Waals surface area contributed by atoms with Gasteiger partial charge >= 0.3 is 35.6 Å². The fourth-order valence-corrected chi connectivity index (χ4v) is 0.859. The van der Waals surface area contributed by atoms with Crippen molar-refractivity contribution < 1.29 is 69.8 Å². The zero-order chi connectivity index (χ0) is 17.6. The maximum absolute atomic E-state index is 9.98. The Morgan fingerprint density at radius 1 is 0.435 bits per heavy atom. The van der Waals surface area contributed by atoms with Crippen LogP contribution < -0.4 is 0 Å². The van der Waals surface area contributed by atoms with Crippen molar-refractivity contribution in [3.8, 4) is 0 Å². The van der Waals surface area contributed by atoms with E-state index in [1.165, 1.54) is 41.5 Å². The van der Waals surface area contributed by atoms with Gasteiger partial charge in [-0.2, -0.15) is 0 Å². The Bertz CT molecular complexity index is 316. The summed E-state index contributed by atoms with van der Waals surface area (Å²) in [6, 6.07) is 0. The Kier molecular flexibility index (Phi) is 30.2. The summed E-state index contributed by atoms with van der Waals surface area (Å²) in [7, 11) is 0. The largest absolute Gasteiger partial charge is 3.00 e. The van der Waals surface area contributed by atoms with Crippen LogP contribution >= 0.6 is 0 Å². The Morgan fingerprint density at radius 2 is 0.522 bits per heavy atom. The molecule has 0 heterocycles. The second-order valence-electron chi connectivity index (χ2n) is 4.10. The first-order valence-corrected chi connectivity index (χ1v) is 5.96. The van der Waals surface area contributed by atoms with Crippen LogP contribution in [0.15, 0.2) is 0 Å². The number of carbonyl (C=O) groups excluding carboxylic acids is 6. The average molecular weight is 454 g/mol. The van der Waals surface area contributed by atoms with E-state index in [4.69, 9.17) is 0 Å². The van der Waals surface area contributed by atoms with Crippen LogP contribution in [0.1, 0.15) is 41.5 Å². The minimum atomic E-state index is -0.187. The summed E-state index contributed by atoms with van der Waals surface area (Å²) in [6.07, 6.45) is 3.17. The van der Waals surface area contributed by atoms with Gasteiger partial charge in [0.15, 0.2) is 0 Å². The van der Waals surface area contributed by atoms with Gasteiger partial charge in [-0.1, -0.05) is 0 Å². The molecule has 0 saturated heterocycles. The van der Waals surface area contributed by atoms with E-state index in [0.717, 1.165) is 19.3 Å². The van der Waals surface area contributed by atoms with E-state index < -0.39 is 0 Å². The van der Waals surface area contributed by atoms with Gasteiger partial charge in [-0.25, -0.2) is 0 Å². The average Bonchev–Trinajstić information content (AvgIpc) is 2.10. The van der Waals surface area contributed by atoms with Crippen LogP contribution in [0.2, 0.25) is 0 Å². The van der Waals surface area contributed by atoms with Crippen molar-refractivity contribution in [1.82, 2.24) is 0 Å². The smallest absolute Gasteiger partial charge is 0.412 e. The molecule has 0 saturated carbocycles. The van der Waals surface area contributed by atoms with Crippen LogP contribution in [-0.2, 0) is 28.8 Å². The molecule has 0 unspecified atom stereocenters. The fourth-order valence-electron chi connectivity index (χ4n) is 0.859. The molecule has 0 spiro atoms. The van der Waals surface area contributed by atoms with Gasteiger partial charge in [0.2, 0.25) is 0 Å². The third-order valence-electron chi connectivity index (χ3n) is 1.22. The third-order valence-corrected chi connectivity index (χ3v) is 1.22. The predicted molar refractivity (Wildman–Crippen MR) is 80.6 cm³/mol. The molecule has 0 amide bonds. The van der Waals surface area contributed by atoms with Crippen LogP contribution in [0.25, 0.3) is 0 Å². The van der Waals surface area contributed by atoms with Crippen molar-refractivity contribution in [3.63, 3.8) is 0 Å². The van der Waals surface area contributed by atoms with Crippen molar-refractivity contribution in [1.29, 1.82) is 0 Å². The van der Waals surface area contributed by atoms with E-state index in [-0.39, 0.29) is 75.8 Å². The molecular formula is C15H23LaO7. The second-order valence-corrected chi connectivity index (χ2v) is 4.10. The molecule has 128 valence electrons. The molecule has 0 atom stereocenters. The van der Waals surface area contributed by atoms with E-state index in [0.29, 0.717) is 0 Å². The SMILES string of the molecule is CC(=O)[CH-]C(C)=O.CC(=O)[CH-]C(C)=O.CC(=O)[CH-]C(C)=O.O.[La+3]. The number of carbonyl (C=O) groups is 6. The number of Topliss-reactive ketones (excluding diaryl/α,β-unsaturated/α-hetero) is 6. The van der Waals surface area contributed by atoms with Crippen molar-refractivity contribution in [2.24, 2.45) is 0 Å². The van der Waals surface area contributed by atoms with Crippen molar-refractivity contribution in [3.05, 3.63) is 19.3 Å². The van der Waals surface area contributed by atoms with Gasteiger partial charge in [0, 0.05) is 34.7 Å². The molecule has 0 fully saturated rings. The molecule has 0 radical (unpaired) electrons. The molecule has 0 aliphatic rings. The Morgan fingerprint density at radius 3 is 0.522 bits per heavy atom. The molecule has 0 aromatic rings. The Labute approximate surface area is 164 Å². The first-order valence-electron chi connectivity index (χ1n) is 5.96. The molecule has 0 aromatic carbocycles. The molecule has 0 aromatic heterocycles. The molecule has 0 aliphatic carbocycles. The van der Waals surface area contributed by atoms with Crippen molar-refractivity contribution in [2.45, 2.75) is 41.5 Å². The topological polar surface area (TPSA) is 134 Å². The minimum Gasteiger partial charge on any atom is -0.412 e. The number of ketones is 6. The normalized spacial score (nSPS) is 7.04. The van der Waals surface area contributed by atoms with Crippen LogP contribution in [-0.4, -0.2) is 40.2 Å². The van der Waals surface area contributed by atoms with Crippen LogP contribution in [0.5, 0.6) is 0 Å². The quantitative estimate of drug-likeness (QED) is 0.418. The summed E-state index contributed by atoms with van der Waals surface area (Å²) in [5.41, 5.74) is 0. The van der Waals surface area contributed by atoms with Gasteiger partial charge < -0.3 is 34.2 Å². The van der Waals surface area contributed by atoms with Gasteiger partial charge in [0.1, 0.15) is 0 Å². The van der Waals surface area contributed by atoms with Gasteiger partial charge in [0.25, 0.3) is 0 Å². The third kappa shape index (κ3) is 63.1. The predicted octanol–water partition coefficient (Wildman–Crippen LogP) is 0.281. The van der Waals surface area contributed by atoms with Crippen molar-refractivity contribution in [2.75, 3.05) is 0 Å². The first-order chi connectivity index (χ1) is 9.38. The van der Waals surface area contributed by atoms with E-state index in [2.05, 4.69) is 0 Å². The number of hydrogen-bond acceptors (Lipinski definition) is 6. The molecule has 7 nitrogen and oxygen atoms in total. The van der Waals surface area contributed by atoms with E-state index in [1.54, 1.807) is 0 Å². The standard InChI is InChI=1S/3C5H7O2.La.H2O/c3*1-4(6)3-5(2)7;;/h3*3H,1-2H3;;1H2/q3*-1;+3;. The van der Waals surface area contributed by atoms with E-state index >= 15 is 0 Å². The van der Waals surface area contributed by atoms with Crippen LogP contribution in [0, 0.1) is 54.9 Å². The van der Waals surface area contributed by atoms with Crippen LogP contribution in [0.3, 0.4) is 0 Å². The van der Waals surface area contributed by atoms with Gasteiger partial charge in [-0.3, -0.25) is 19.3 Å². The Balaban J connectivity index is -0.0000000675. The molecule has 2 N–H and O–H groups in total. The zero-order valence-electron chi connectivity index (χ0n) is 14.3. The summed E-state index contributed by atoms with van der Waals surface area (Å²) in [5.74, 6) is -1.12. The summed E-state index contributed by atoms with van der Waals surface area (Å²) in [6.45, 7) is 8.09. The molecule has 23 heavy (non-hydrogen) atoms. The summed E-state index contributed by atoms with van der Waals surface area (Å²) in [5, 5.41) is 0. The Hall–Kier alpha value is -1.22. The van der Waals surface area contributed by atoms with Gasteiger partial charge in [0.05, 0.1) is 0 Å². The summed E-state index contributed by atoms with van der Waals surface area (Å²) in [4.78, 5) is 59.9. The molecular weight excluding hydrogens is 431 g/mol. The molecule has 0 bridgehead atoms. The maximum atomic E-state index is 9.98.